The summed E-state index contributed by atoms with van der Waals surface area (Å²) in [6.45, 7) is 9.49. The summed E-state index contributed by atoms with van der Waals surface area (Å²) in [7, 11) is 0. The number of hydrogen-bond acceptors (Lipinski definition) is 3. The van der Waals surface area contributed by atoms with Gasteiger partial charge in [-0.3, -0.25) is 5.43 Å². The summed E-state index contributed by atoms with van der Waals surface area (Å²) in [5.74, 6) is 0.768. The average molecular weight is 297 g/mol. The highest BCUT2D eigenvalue weighted by Crippen LogP contribution is 2.41. The van der Waals surface area contributed by atoms with Crippen LogP contribution >= 0.6 is 0 Å². The predicted molar refractivity (Wildman–Crippen MR) is 95.0 cm³/mol. The lowest BCUT2D eigenvalue weighted by atomic mass is 9.85. The van der Waals surface area contributed by atoms with Gasteiger partial charge in [0.05, 0.1) is 5.69 Å². The SMILES string of the molecule is C=NNc1ccccc1C(=C1CCC1)N1CC(C)CC[C@H]1C. The lowest BCUT2D eigenvalue weighted by Crippen LogP contribution is -2.40. The molecule has 0 amide bonds. The van der Waals surface area contributed by atoms with Crippen LogP contribution in [0.25, 0.3) is 5.70 Å². The highest BCUT2D eigenvalue weighted by atomic mass is 15.3. The molecular formula is C19H27N3. The van der Waals surface area contributed by atoms with Crippen LogP contribution in [0.5, 0.6) is 0 Å². The lowest BCUT2D eigenvalue weighted by Gasteiger charge is -2.43. The lowest BCUT2D eigenvalue weighted by molar-refractivity contribution is 0.192. The van der Waals surface area contributed by atoms with Gasteiger partial charge in [0.25, 0.3) is 0 Å². The number of allylic oxidation sites excluding steroid dienone is 1. The van der Waals surface area contributed by atoms with E-state index in [9.17, 15) is 0 Å². The summed E-state index contributed by atoms with van der Waals surface area (Å²) >= 11 is 0. The molecular weight excluding hydrogens is 270 g/mol. The van der Waals surface area contributed by atoms with E-state index in [4.69, 9.17) is 0 Å². The molecule has 3 nitrogen and oxygen atoms in total. The Morgan fingerprint density at radius 2 is 2.00 bits per heavy atom. The van der Waals surface area contributed by atoms with Crippen LogP contribution in [-0.2, 0) is 0 Å². The third-order valence-corrected chi connectivity index (χ3v) is 5.08. The van der Waals surface area contributed by atoms with Gasteiger partial charge >= 0.3 is 0 Å². The van der Waals surface area contributed by atoms with Crippen molar-refractivity contribution in [3.63, 3.8) is 0 Å². The van der Waals surface area contributed by atoms with Crippen molar-refractivity contribution in [1.29, 1.82) is 0 Å². The Morgan fingerprint density at radius 3 is 2.68 bits per heavy atom. The molecule has 1 aromatic carbocycles. The minimum atomic E-state index is 0.615. The van der Waals surface area contributed by atoms with Crippen molar-refractivity contribution in [1.82, 2.24) is 4.90 Å². The number of anilines is 1. The highest BCUT2D eigenvalue weighted by Gasteiger charge is 2.29. The quantitative estimate of drug-likeness (QED) is 0.642. The predicted octanol–water partition coefficient (Wildman–Crippen LogP) is 4.73. The van der Waals surface area contributed by atoms with Crippen LogP contribution < -0.4 is 5.43 Å². The molecule has 2 aliphatic rings. The van der Waals surface area contributed by atoms with Gasteiger partial charge in [-0.05, 0) is 56.6 Å². The molecule has 2 atom stereocenters. The first kappa shape index (κ1) is 15.1. The second-order valence-electron chi connectivity index (χ2n) is 6.81. The zero-order valence-corrected chi connectivity index (χ0v) is 13.8. The number of nitrogens with zero attached hydrogens (tertiary/aromatic N) is 2. The van der Waals surface area contributed by atoms with E-state index in [1.807, 2.05) is 0 Å². The van der Waals surface area contributed by atoms with Gasteiger partial charge < -0.3 is 4.90 Å². The minimum Gasteiger partial charge on any atom is -0.368 e. The Morgan fingerprint density at radius 1 is 1.23 bits per heavy atom. The Balaban J connectivity index is 2.03. The largest absolute Gasteiger partial charge is 0.368 e. The van der Waals surface area contributed by atoms with E-state index in [2.05, 4.69) is 60.3 Å². The Bertz CT molecular complexity index is 570. The van der Waals surface area contributed by atoms with E-state index in [1.54, 1.807) is 5.57 Å². The summed E-state index contributed by atoms with van der Waals surface area (Å²) in [4.78, 5) is 2.65. The smallest absolute Gasteiger partial charge is 0.0654 e. The summed E-state index contributed by atoms with van der Waals surface area (Å²) in [5, 5.41) is 3.89. The standard InChI is InChI=1S/C19H27N3/c1-14-11-12-15(2)22(13-14)19(16-7-6-8-16)17-9-4-5-10-18(17)21-20-3/h4-5,9-10,14-15,21H,3,6-8,11-13H2,1-2H3/t14?,15-/m1/s1. The molecule has 1 N–H and O–H groups in total. The van der Waals surface area contributed by atoms with Crippen molar-refractivity contribution in [3.05, 3.63) is 35.4 Å². The number of hydrazone groups is 1. The van der Waals surface area contributed by atoms with Crippen LogP contribution in [0.3, 0.4) is 0 Å². The fourth-order valence-corrected chi connectivity index (χ4v) is 3.61. The van der Waals surface area contributed by atoms with E-state index >= 15 is 0 Å². The minimum absolute atomic E-state index is 0.615. The first-order valence-corrected chi connectivity index (χ1v) is 8.50. The van der Waals surface area contributed by atoms with Crippen molar-refractivity contribution in [3.8, 4) is 0 Å². The summed E-state index contributed by atoms with van der Waals surface area (Å²) < 4.78 is 0. The third-order valence-electron chi connectivity index (χ3n) is 5.08. The zero-order valence-electron chi connectivity index (χ0n) is 13.8. The molecule has 1 aromatic rings. The number of hydrogen-bond donors (Lipinski definition) is 1. The molecule has 1 aliphatic carbocycles. The Kier molecular flexibility index (Phi) is 4.51. The first-order valence-electron chi connectivity index (χ1n) is 8.50. The molecule has 118 valence electrons. The van der Waals surface area contributed by atoms with Gasteiger partial charge in [0, 0.05) is 30.6 Å². The van der Waals surface area contributed by atoms with Gasteiger partial charge in [-0.25, -0.2) is 0 Å². The number of likely N-dealkylation sites (tertiary alicyclic amines) is 1. The van der Waals surface area contributed by atoms with Crippen molar-refractivity contribution in [2.75, 3.05) is 12.0 Å². The summed E-state index contributed by atoms with van der Waals surface area (Å²) in [6.07, 6.45) is 6.43. The monoisotopic (exact) mass is 297 g/mol. The van der Waals surface area contributed by atoms with Gasteiger partial charge in [-0.15, -0.1) is 0 Å². The van der Waals surface area contributed by atoms with Gasteiger partial charge in [0.1, 0.15) is 0 Å². The van der Waals surface area contributed by atoms with E-state index in [-0.39, 0.29) is 0 Å². The number of rotatable bonds is 4. The van der Waals surface area contributed by atoms with E-state index in [0.717, 1.165) is 18.2 Å². The van der Waals surface area contributed by atoms with Gasteiger partial charge in [0.2, 0.25) is 0 Å². The molecule has 3 rings (SSSR count). The highest BCUT2D eigenvalue weighted by molar-refractivity contribution is 5.78. The van der Waals surface area contributed by atoms with Crippen LogP contribution in [0.4, 0.5) is 5.69 Å². The molecule has 0 bridgehead atoms. The number of para-hydroxylation sites is 1. The molecule has 1 saturated heterocycles. The average Bonchev–Trinajstić information content (AvgIpc) is 2.47. The van der Waals surface area contributed by atoms with Crippen molar-refractivity contribution < 1.29 is 0 Å². The summed E-state index contributed by atoms with van der Waals surface area (Å²) in [5.41, 5.74) is 8.49. The summed E-state index contributed by atoms with van der Waals surface area (Å²) in [6, 6.07) is 9.12. The third kappa shape index (κ3) is 2.90. The zero-order chi connectivity index (χ0) is 15.5. The maximum Gasteiger partial charge on any atom is 0.0654 e. The molecule has 3 heteroatoms. The van der Waals surface area contributed by atoms with Gasteiger partial charge in [-0.2, -0.15) is 5.10 Å². The molecule has 1 heterocycles. The molecule has 2 fully saturated rings. The number of benzene rings is 1. The maximum absolute atomic E-state index is 3.89. The van der Waals surface area contributed by atoms with Crippen LogP contribution in [-0.4, -0.2) is 24.2 Å². The fourth-order valence-electron chi connectivity index (χ4n) is 3.61. The Hall–Kier alpha value is -1.77. The molecule has 0 radical (unpaired) electrons. The first-order chi connectivity index (χ1) is 10.7. The molecule has 22 heavy (non-hydrogen) atoms. The van der Waals surface area contributed by atoms with Crippen LogP contribution in [0.15, 0.2) is 34.9 Å². The van der Waals surface area contributed by atoms with Crippen LogP contribution in [0.1, 0.15) is 51.5 Å². The fraction of sp³-hybridized carbons (Fsp3) is 0.526. The van der Waals surface area contributed by atoms with E-state index in [1.165, 1.54) is 43.4 Å². The molecule has 0 spiro atoms. The maximum atomic E-state index is 3.89. The van der Waals surface area contributed by atoms with Gasteiger partial charge in [-0.1, -0.05) is 25.1 Å². The van der Waals surface area contributed by atoms with E-state index in [0.29, 0.717) is 6.04 Å². The molecule has 1 saturated carbocycles. The van der Waals surface area contributed by atoms with Gasteiger partial charge in [0.15, 0.2) is 0 Å². The number of nitrogens with one attached hydrogen (secondary N) is 1. The van der Waals surface area contributed by atoms with Crippen molar-refractivity contribution in [2.24, 2.45) is 11.0 Å². The molecule has 1 aliphatic heterocycles. The van der Waals surface area contributed by atoms with Crippen LogP contribution in [0.2, 0.25) is 0 Å². The molecule has 0 aromatic heterocycles. The van der Waals surface area contributed by atoms with Crippen molar-refractivity contribution in [2.45, 2.75) is 52.0 Å². The van der Waals surface area contributed by atoms with Crippen LogP contribution in [0, 0.1) is 5.92 Å². The molecule has 1 unspecified atom stereocenters. The second kappa shape index (κ2) is 6.55. The normalized spacial score (nSPS) is 24.6. The second-order valence-corrected chi connectivity index (χ2v) is 6.81. The Labute approximate surface area is 134 Å². The van der Waals surface area contributed by atoms with E-state index < -0.39 is 0 Å². The topological polar surface area (TPSA) is 27.6 Å². The van der Waals surface area contributed by atoms with Crippen molar-refractivity contribution >= 4 is 18.1 Å². The number of piperidine rings is 1.